The molecule has 5 heteroatoms. The van der Waals surface area contributed by atoms with Gasteiger partial charge in [0.25, 0.3) is 0 Å². The quantitative estimate of drug-likeness (QED) is 0.861. The number of hydrogen-bond donors (Lipinski definition) is 1. The van der Waals surface area contributed by atoms with Crippen molar-refractivity contribution in [3.63, 3.8) is 0 Å². The van der Waals surface area contributed by atoms with Gasteiger partial charge in [-0.05, 0) is 38.6 Å². The summed E-state index contributed by atoms with van der Waals surface area (Å²) < 4.78 is 0. The maximum absolute atomic E-state index is 12.6. The maximum Gasteiger partial charge on any atom is 0.310 e. The Hall–Kier alpha value is -1.10. The summed E-state index contributed by atoms with van der Waals surface area (Å²) >= 11 is 0. The lowest BCUT2D eigenvalue weighted by Crippen LogP contribution is -2.42. The highest BCUT2D eigenvalue weighted by Crippen LogP contribution is 2.42. The predicted molar refractivity (Wildman–Crippen MR) is 78.9 cm³/mol. The minimum Gasteiger partial charge on any atom is -0.481 e. The lowest BCUT2D eigenvalue weighted by atomic mass is 9.82. The van der Waals surface area contributed by atoms with Crippen LogP contribution in [0.2, 0.25) is 0 Å². The van der Waals surface area contributed by atoms with E-state index in [-0.39, 0.29) is 12.3 Å². The van der Waals surface area contributed by atoms with Crippen LogP contribution in [0, 0.1) is 5.41 Å². The second-order valence-electron chi connectivity index (χ2n) is 6.99. The summed E-state index contributed by atoms with van der Waals surface area (Å²) in [4.78, 5) is 28.7. The van der Waals surface area contributed by atoms with Gasteiger partial charge in [0.05, 0.1) is 5.41 Å². The molecule has 21 heavy (non-hydrogen) atoms. The van der Waals surface area contributed by atoms with Crippen molar-refractivity contribution in [2.45, 2.75) is 57.4 Å². The van der Waals surface area contributed by atoms with Crippen molar-refractivity contribution in [2.24, 2.45) is 5.41 Å². The smallest absolute Gasteiger partial charge is 0.310 e. The number of rotatable bonds is 3. The van der Waals surface area contributed by atoms with Gasteiger partial charge in [0, 0.05) is 32.1 Å². The number of carbonyl (C=O) groups excluding carboxylic acids is 1. The molecule has 3 aliphatic rings. The zero-order valence-corrected chi connectivity index (χ0v) is 12.7. The maximum atomic E-state index is 12.6. The molecule has 0 aromatic rings. The van der Waals surface area contributed by atoms with E-state index >= 15 is 0 Å². The molecule has 0 spiro atoms. The lowest BCUT2D eigenvalue weighted by Gasteiger charge is -2.29. The van der Waals surface area contributed by atoms with Crippen molar-refractivity contribution in [3.05, 3.63) is 0 Å². The van der Waals surface area contributed by atoms with Gasteiger partial charge in [-0.1, -0.05) is 12.8 Å². The van der Waals surface area contributed by atoms with Crippen molar-refractivity contribution in [2.75, 3.05) is 26.2 Å². The number of fused-ring (bicyclic) bond motifs is 1. The van der Waals surface area contributed by atoms with Crippen LogP contribution >= 0.6 is 0 Å². The third kappa shape index (κ3) is 2.93. The number of aliphatic carboxylic acids is 1. The third-order valence-electron chi connectivity index (χ3n) is 5.66. The molecule has 2 saturated heterocycles. The fourth-order valence-electron chi connectivity index (χ4n) is 4.35. The molecule has 2 heterocycles. The first-order chi connectivity index (χ1) is 10.1. The van der Waals surface area contributed by atoms with Crippen molar-refractivity contribution in [1.82, 2.24) is 9.80 Å². The average molecular weight is 294 g/mol. The Balaban J connectivity index is 1.65. The molecule has 0 bridgehead atoms. The highest BCUT2D eigenvalue weighted by molar-refractivity contribution is 5.85. The lowest BCUT2D eigenvalue weighted by molar-refractivity contribution is -0.153. The fraction of sp³-hybridized carbons (Fsp3) is 0.875. The zero-order chi connectivity index (χ0) is 14.9. The normalized spacial score (nSPS) is 29.1. The van der Waals surface area contributed by atoms with E-state index in [1.165, 1.54) is 12.8 Å². The van der Waals surface area contributed by atoms with Crippen molar-refractivity contribution < 1.29 is 14.7 Å². The number of hydrogen-bond acceptors (Lipinski definition) is 3. The fourth-order valence-corrected chi connectivity index (χ4v) is 4.35. The summed E-state index contributed by atoms with van der Waals surface area (Å²) in [6, 6.07) is 0.501. The van der Waals surface area contributed by atoms with Gasteiger partial charge in [-0.15, -0.1) is 0 Å². The van der Waals surface area contributed by atoms with Crippen LogP contribution in [0.5, 0.6) is 0 Å². The van der Waals surface area contributed by atoms with E-state index in [2.05, 4.69) is 4.90 Å². The largest absolute Gasteiger partial charge is 0.481 e. The van der Waals surface area contributed by atoms with Crippen LogP contribution < -0.4 is 0 Å². The van der Waals surface area contributed by atoms with E-state index in [0.717, 1.165) is 45.4 Å². The number of carbonyl (C=O) groups is 2. The van der Waals surface area contributed by atoms with E-state index < -0.39 is 11.4 Å². The Morgan fingerprint density at radius 3 is 2.48 bits per heavy atom. The van der Waals surface area contributed by atoms with Crippen LogP contribution in [0.15, 0.2) is 0 Å². The Bertz CT molecular complexity index is 418. The Labute approximate surface area is 126 Å². The molecule has 1 N–H and O–H groups in total. The molecule has 118 valence electrons. The SMILES string of the molecule is O=C(CC1(C(=O)O)CCCC1)N1CCCN2CCCC2C1. The Morgan fingerprint density at radius 2 is 1.76 bits per heavy atom. The molecule has 1 aliphatic carbocycles. The predicted octanol–water partition coefficient (Wildman–Crippen LogP) is 1.72. The monoisotopic (exact) mass is 294 g/mol. The Morgan fingerprint density at radius 1 is 1.05 bits per heavy atom. The minimum atomic E-state index is -0.779. The van der Waals surface area contributed by atoms with Crippen LogP contribution in [0.4, 0.5) is 0 Å². The minimum absolute atomic E-state index is 0.0630. The summed E-state index contributed by atoms with van der Waals surface area (Å²) in [7, 11) is 0. The molecule has 3 fully saturated rings. The van der Waals surface area contributed by atoms with Gasteiger partial charge in [0.1, 0.15) is 0 Å². The van der Waals surface area contributed by atoms with Crippen molar-refractivity contribution in [3.8, 4) is 0 Å². The van der Waals surface area contributed by atoms with Gasteiger partial charge in [0.2, 0.25) is 5.91 Å². The number of nitrogens with zero attached hydrogens (tertiary/aromatic N) is 2. The first kappa shape index (κ1) is 14.8. The van der Waals surface area contributed by atoms with E-state index in [1.807, 2.05) is 4.90 Å². The van der Waals surface area contributed by atoms with Crippen molar-refractivity contribution in [1.29, 1.82) is 0 Å². The van der Waals surface area contributed by atoms with Crippen LogP contribution in [0.25, 0.3) is 0 Å². The zero-order valence-electron chi connectivity index (χ0n) is 12.7. The number of carboxylic acids is 1. The standard InChI is InChI=1S/C16H26N2O3/c19-14(11-16(15(20)21)6-1-2-7-16)18-10-4-9-17-8-3-5-13(17)12-18/h13H,1-12H2,(H,20,21). The van der Waals surface area contributed by atoms with Gasteiger partial charge in [0.15, 0.2) is 0 Å². The molecule has 1 saturated carbocycles. The topological polar surface area (TPSA) is 60.9 Å². The molecule has 1 amide bonds. The first-order valence-electron chi connectivity index (χ1n) is 8.36. The average Bonchev–Trinajstić information content (AvgIpc) is 3.05. The van der Waals surface area contributed by atoms with Gasteiger partial charge < -0.3 is 10.0 Å². The first-order valence-corrected chi connectivity index (χ1v) is 8.36. The molecule has 1 atom stereocenters. The van der Waals surface area contributed by atoms with Crippen LogP contribution in [-0.2, 0) is 9.59 Å². The highest BCUT2D eigenvalue weighted by Gasteiger charge is 2.44. The van der Waals surface area contributed by atoms with E-state index in [4.69, 9.17) is 0 Å². The van der Waals surface area contributed by atoms with Gasteiger partial charge in [-0.25, -0.2) is 0 Å². The number of amides is 1. The van der Waals surface area contributed by atoms with E-state index in [0.29, 0.717) is 18.9 Å². The molecular weight excluding hydrogens is 268 g/mol. The highest BCUT2D eigenvalue weighted by atomic mass is 16.4. The molecule has 0 aromatic carbocycles. The van der Waals surface area contributed by atoms with Crippen LogP contribution in [0.3, 0.4) is 0 Å². The van der Waals surface area contributed by atoms with Gasteiger partial charge in [-0.2, -0.15) is 0 Å². The second kappa shape index (κ2) is 5.95. The van der Waals surface area contributed by atoms with Crippen molar-refractivity contribution >= 4 is 11.9 Å². The summed E-state index contributed by atoms with van der Waals surface area (Å²) in [6.45, 7) is 3.83. The second-order valence-corrected chi connectivity index (χ2v) is 6.99. The van der Waals surface area contributed by atoms with Crippen LogP contribution in [-0.4, -0.2) is 59.0 Å². The summed E-state index contributed by atoms with van der Waals surface area (Å²) in [5.74, 6) is -0.710. The summed E-state index contributed by atoms with van der Waals surface area (Å²) in [6.07, 6.45) is 6.83. The molecule has 1 unspecified atom stereocenters. The molecule has 2 aliphatic heterocycles. The molecular formula is C16H26N2O3. The molecule has 3 rings (SSSR count). The van der Waals surface area contributed by atoms with E-state index in [1.54, 1.807) is 0 Å². The summed E-state index contributed by atoms with van der Waals surface area (Å²) in [5, 5.41) is 9.54. The van der Waals surface area contributed by atoms with Gasteiger partial charge >= 0.3 is 5.97 Å². The third-order valence-corrected chi connectivity index (χ3v) is 5.66. The van der Waals surface area contributed by atoms with E-state index in [9.17, 15) is 14.7 Å². The Kier molecular flexibility index (Phi) is 4.20. The number of carboxylic acid groups (broad SMARTS) is 1. The molecule has 0 radical (unpaired) electrons. The van der Waals surface area contributed by atoms with Crippen LogP contribution in [0.1, 0.15) is 51.4 Å². The molecule has 5 nitrogen and oxygen atoms in total. The molecule has 0 aromatic heterocycles. The van der Waals surface area contributed by atoms with Gasteiger partial charge in [-0.3, -0.25) is 14.5 Å². The summed E-state index contributed by atoms with van der Waals surface area (Å²) in [5.41, 5.74) is -0.779.